The average Bonchev–Trinajstić information content (AvgIpc) is 2.61. The lowest BCUT2D eigenvalue weighted by atomic mass is 9.95. The molecule has 0 aromatic carbocycles. The normalized spacial score (nSPS) is 12.2. The first-order valence-corrected chi connectivity index (χ1v) is 6.02. The van der Waals surface area contributed by atoms with E-state index >= 15 is 0 Å². The lowest BCUT2D eigenvalue weighted by molar-refractivity contribution is 0.142. The van der Waals surface area contributed by atoms with Crippen molar-refractivity contribution in [3.8, 4) is 0 Å². The van der Waals surface area contributed by atoms with Crippen molar-refractivity contribution >= 4 is 26.8 Å². The maximum atomic E-state index is 9.28. The zero-order valence-corrected chi connectivity index (χ0v) is 11.0. The van der Waals surface area contributed by atoms with E-state index in [1.165, 1.54) is 0 Å². The van der Waals surface area contributed by atoms with Crippen molar-refractivity contribution in [1.29, 1.82) is 0 Å². The van der Waals surface area contributed by atoms with Crippen LogP contribution in [0.5, 0.6) is 0 Å². The summed E-state index contributed by atoms with van der Waals surface area (Å²) in [6.07, 6.45) is 3.89. The fourth-order valence-corrected chi connectivity index (χ4v) is 2.03. The van der Waals surface area contributed by atoms with Crippen molar-refractivity contribution < 1.29 is 5.11 Å². The average molecular weight is 283 g/mol. The van der Waals surface area contributed by atoms with Gasteiger partial charge in [0.15, 0.2) is 0 Å². The van der Waals surface area contributed by atoms with Crippen LogP contribution in [0.1, 0.15) is 13.8 Å². The fourth-order valence-electron chi connectivity index (χ4n) is 1.71. The van der Waals surface area contributed by atoms with Gasteiger partial charge in [-0.15, -0.1) is 0 Å². The van der Waals surface area contributed by atoms with E-state index in [0.717, 1.165) is 22.1 Å². The number of aromatic nitrogens is 2. The Balaban J connectivity index is 2.41. The van der Waals surface area contributed by atoms with Crippen LogP contribution in [0.4, 0.5) is 0 Å². The van der Waals surface area contributed by atoms with Crippen LogP contribution in [-0.4, -0.2) is 21.3 Å². The number of halogens is 1. The third kappa shape index (κ3) is 2.28. The van der Waals surface area contributed by atoms with E-state index in [1.807, 2.05) is 24.5 Å². The monoisotopic (exact) mass is 282 g/mol. The van der Waals surface area contributed by atoms with Gasteiger partial charge in [0.25, 0.3) is 0 Å². The highest BCUT2D eigenvalue weighted by Crippen LogP contribution is 2.23. The number of rotatable bonds is 3. The van der Waals surface area contributed by atoms with Crippen LogP contribution in [0.2, 0.25) is 0 Å². The fraction of sp³-hybridized carbons (Fsp3) is 0.417. The topological polar surface area (TPSA) is 38.0 Å². The Hall–Kier alpha value is -0.870. The van der Waals surface area contributed by atoms with Gasteiger partial charge in [-0.3, -0.25) is 0 Å². The molecule has 3 nitrogen and oxygen atoms in total. The van der Waals surface area contributed by atoms with Crippen LogP contribution in [0, 0.1) is 5.41 Å². The number of pyridine rings is 1. The van der Waals surface area contributed by atoms with E-state index < -0.39 is 0 Å². The van der Waals surface area contributed by atoms with E-state index in [4.69, 9.17) is 0 Å². The summed E-state index contributed by atoms with van der Waals surface area (Å²) in [4.78, 5) is 4.19. The smallest absolute Gasteiger partial charge is 0.108 e. The van der Waals surface area contributed by atoms with Gasteiger partial charge in [0, 0.05) is 36.3 Å². The molecule has 2 heterocycles. The van der Waals surface area contributed by atoms with E-state index in [-0.39, 0.29) is 12.0 Å². The lowest BCUT2D eigenvalue weighted by Gasteiger charge is -2.22. The quantitative estimate of drug-likeness (QED) is 0.880. The minimum atomic E-state index is -0.109. The molecule has 0 aliphatic heterocycles. The molecule has 1 N–H and O–H groups in total. The predicted octanol–water partition coefficient (Wildman–Crippen LogP) is 2.82. The number of aliphatic hydroxyl groups excluding tert-OH is 1. The molecule has 0 fully saturated rings. The minimum Gasteiger partial charge on any atom is -0.396 e. The zero-order valence-electron chi connectivity index (χ0n) is 9.44. The van der Waals surface area contributed by atoms with Crippen molar-refractivity contribution in [1.82, 2.24) is 9.55 Å². The third-order valence-corrected chi connectivity index (χ3v) is 3.08. The minimum absolute atomic E-state index is 0.109. The number of aliphatic hydroxyl groups is 1. The Kier molecular flexibility index (Phi) is 3.04. The molecule has 4 heteroatoms. The Morgan fingerprint density at radius 1 is 1.50 bits per heavy atom. The summed E-state index contributed by atoms with van der Waals surface area (Å²) in [5.41, 5.74) is 1.03. The van der Waals surface area contributed by atoms with Gasteiger partial charge < -0.3 is 9.67 Å². The Bertz CT molecular complexity index is 505. The summed E-state index contributed by atoms with van der Waals surface area (Å²) in [7, 11) is 0. The summed E-state index contributed by atoms with van der Waals surface area (Å²) in [5, 5.41) is 10.4. The maximum Gasteiger partial charge on any atom is 0.108 e. The number of hydrogen-bond acceptors (Lipinski definition) is 2. The molecule has 2 aromatic heterocycles. The number of hydrogen-bond donors (Lipinski definition) is 1. The molecule has 0 spiro atoms. The van der Waals surface area contributed by atoms with Gasteiger partial charge in [-0.1, -0.05) is 13.8 Å². The third-order valence-electron chi connectivity index (χ3n) is 2.65. The van der Waals surface area contributed by atoms with Crippen molar-refractivity contribution in [2.45, 2.75) is 20.4 Å². The van der Waals surface area contributed by atoms with Crippen LogP contribution < -0.4 is 0 Å². The highest BCUT2D eigenvalue weighted by molar-refractivity contribution is 9.10. The van der Waals surface area contributed by atoms with E-state index in [1.54, 1.807) is 0 Å². The van der Waals surface area contributed by atoms with Gasteiger partial charge in [-0.2, -0.15) is 0 Å². The summed E-state index contributed by atoms with van der Waals surface area (Å²) in [5.74, 6) is 0. The van der Waals surface area contributed by atoms with Gasteiger partial charge in [0.05, 0.1) is 5.52 Å². The first kappa shape index (κ1) is 11.6. The molecule has 16 heavy (non-hydrogen) atoms. The molecular weight excluding hydrogens is 268 g/mol. The van der Waals surface area contributed by atoms with Crippen LogP contribution >= 0.6 is 15.9 Å². The first-order chi connectivity index (χ1) is 7.52. The molecule has 2 aromatic rings. The summed E-state index contributed by atoms with van der Waals surface area (Å²) in [6, 6.07) is 4.05. The van der Waals surface area contributed by atoms with E-state index in [0.29, 0.717) is 0 Å². The van der Waals surface area contributed by atoms with Crippen LogP contribution in [0.15, 0.2) is 29.1 Å². The lowest BCUT2D eigenvalue weighted by Crippen LogP contribution is -2.23. The van der Waals surface area contributed by atoms with Gasteiger partial charge >= 0.3 is 0 Å². The van der Waals surface area contributed by atoms with Crippen molar-refractivity contribution in [3.05, 3.63) is 29.1 Å². The molecule has 0 unspecified atom stereocenters. The Morgan fingerprint density at radius 2 is 2.25 bits per heavy atom. The van der Waals surface area contributed by atoms with Gasteiger partial charge in [0.2, 0.25) is 0 Å². The SMILES string of the molecule is CC(C)(CO)Cn1ccc2cnc(Br)cc21. The second-order valence-electron chi connectivity index (χ2n) is 4.83. The van der Waals surface area contributed by atoms with Crippen LogP contribution in [-0.2, 0) is 6.54 Å². The van der Waals surface area contributed by atoms with Gasteiger partial charge in [-0.05, 0) is 28.1 Å². The molecule has 0 aliphatic carbocycles. The Labute approximate surface area is 103 Å². The van der Waals surface area contributed by atoms with E-state index in [9.17, 15) is 5.11 Å². The van der Waals surface area contributed by atoms with Crippen molar-refractivity contribution in [2.24, 2.45) is 5.41 Å². The number of fused-ring (bicyclic) bond motifs is 1. The molecule has 2 rings (SSSR count). The second-order valence-corrected chi connectivity index (χ2v) is 5.64. The molecular formula is C12H15BrN2O. The molecule has 0 amide bonds. The highest BCUT2D eigenvalue weighted by atomic mass is 79.9. The van der Waals surface area contributed by atoms with Gasteiger partial charge in [-0.25, -0.2) is 4.98 Å². The first-order valence-electron chi connectivity index (χ1n) is 5.23. The zero-order chi connectivity index (χ0) is 11.8. The highest BCUT2D eigenvalue weighted by Gasteiger charge is 2.18. The molecule has 0 aliphatic rings. The predicted molar refractivity (Wildman–Crippen MR) is 68.3 cm³/mol. The molecule has 86 valence electrons. The van der Waals surface area contributed by atoms with Gasteiger partial charge in [0.1, 0.15) is 4.60 Å². The summed E-state index contributed by atoms with van der Waals surface area (Å²) in [6.45, 7) is 5.08. The molecule has 0 atom stereocenters. The summed E-state index contributed by atoms with van der Waals surface area (Å²) < 4.78 is 2.99. The van der Waals surface area contributed by atoms with Crippen LogP contribution in [0.3, 0.4) is 0 Å². The molecule has 0 saturated carbocycles. The molecule has 0 bridgehead atoms. The molecule has 0 radical (unpaired) electrons. The maximum absolute atomic E-state index is 9.28. The molecule has 0 saturated heterocycles. The standard InChI is InChI=1S/C12H15BrN2O/c1-12(2,8-16)7-15-4-3-9-6-14-11(13)5-10(9)15/h3-6,16H,7-8H2,1-2H3. The van der Waals surface area contributed by atoms with Crippen molar-refractivity contribution in [2.75, 3.05) is 6.61 Å². The second kappa shape index (κ2) is 4.18. The van der Waals surface area contributed by atoms with E-state index in [2.05, 4.69) is 39.3 Å². The number of nitrogens with zero attached hydrogens (tertiary/aromatic N) is 2. The largest absolute Gasteiger partial charge is 0.396 e. The Morgan fingerprint density at radius 3 is 2.94 bits per heavy atom. The van der Waals surface area contributed by atoms with Crippen LogP contribution in [0.25, 0.3) is 10.9 Å². The van der Waals surface area contributed by atoms with Crippen molar-refractivity contribution in [3.63, 3.8) is 0 Å². The summed E-state index contributed by atoms with van der Waals surface area (Å²) >= 11 is 3.37.